The molecule has 1 aromatic carbocycles. The molecule has 1 fully saturated rings. The molecule has 0 spiro atoms. The number of anilines is 1. The highest BCUT2D eigenvalue weighted by atomic mass is 35.5. The van der Waals surface area contributed by atoms with E-state index in [0.29, 0.717) is 30.6 Å². The van der Waals surface area contributed by atoms with Crippen molar-refractivity contribution in [3.63, 3.8) is 0 Å². The largest absolute Gasteiger partial charge is 0.330 e. The van der Waals surface area contributed by atoms with Crippen LogP contribution < -0.4 is 10.5 Å². The molecular formula is C12H16Cl3N3O2S. The Labute approximate surface area is 139 Å². The lowest BCUT2D eigenvalue weighted by atomic mass is 9.99. The summed E-state index contributed by atoms with van der Waals surface area (Å²) in [6.45, 7) is 1.44. The molecule has 1 heterocycles. The van der Waals surface area contributed by atoms with Crippen LogP contribution in [0.25, 0.3) is 0 Å². The van der Waals surface area contributed by atoms with E-state index in [4.69, 9.17) is 40.5 Å². The molecule has 5 nitrogen and oxygen atoms in total. The molecule has 21 heavy (non-hydrogen) atoms. The minimum absolute atomic E-state index is 0.142. The third-order valence-electron chi connectivity index (χ3n) is 3.48. The second kappa shape index (κ2) is 6.89. The Bertz CT molecular complexity index is 593. The molecule has 0 aliphatic carbocycles. The van der Waals surface area contributed by atoms with Gasteiger partial charge in [0.05, 0.1) is 15.7 Å². The van der Waals surface area contributed by atoms with Gasteiger partial charge in [-0.1, -0.05) is 34.8 Å². The molecule has 0 atom stereocenters. The highest BCUT2D eigenvalue weighted by molar-refractivity contribution is 7.90. The number of benzene rings is 1. The molecule has 0 aromatic heterocycles. The Balaban J connectivity index is 2.15. The lowest BCUT2D eigenvalue weighted by molar-refractivity contribution is 0.280. The minimum Gasteiger partial charge on any atom is -0.330 e. The molecule has 0 radical (unpaired) electrons. The van der Waals surface area contributed by atoms with Crippen LogP contribution in [-0.4, -0.2) is 32.4 Å². The Morgan fingerprint density at radius 3 is 2.19 bits per heavy atom. The first kappa shape index (κ1) is 17.1. The Hall–Kier alpha value is -0.240. The zero-order valence-electron chi connectivity index (χ0n) is 11.2. The molecule has 0 saturated carbocycles. The van der Waals surface area contributed by atoms with Crippen LogP contribution in [0.15, 0.2) is 12.1 Å². The van der Waals surface area contributed by atoms with E-state index in [1.165, 1.54) is 16.4 Å². The van der Waals surface area contributed by atoms with Gasteiger partial charge in [-0.2, -0.15) is 12.7 Å². The van der Waals surface area contributed by atoms with Gasteiger partial charge in [-0.15, -0.1) is 0 Å². The molecular weight excluding hydrogens is 357 g/mol. The van der Waals surface area contributed by atoms with E-state index < -0.39 is 10.2 Å². The Kier molecular flexibility index (Phi) is 5.62. The summed E-state index contributed by atoms with van der Waals surface area (Å²) in [7, 11) is -3.70. The first-order valence-electron chi connectivity index (χ1n) is 6.46. The van der Waals surface area contributed by atoms with E-state index >= 15 is 0 Å². The lowest BCUT2D eigenvalue weighted by Gasteiger charge is -2.30. The summed E-state index contributed by atoms with van der Waals surface area (Å²) in [6, 6.07) is 2.88. The van der Waals surface area contributed by atoms with Gasteiger partial charge in [0.25, 0.3) is 0 Å². The molecule has 9 heteroatoms. The summed E-state index contributed by atoms with van der Waals surface area (Å²) >= 11 is 17.8. The summed E-state index contributed by atoms with van der Waals surface area (Å²) in [5.41, 5.74) is 5.75. The fourth-order valence-corrected chi connectivity index (χ4v) is 4.54. The van der Waals surface area contributed by atoms with Crippen LogP contribution in [0.2, 0.25) is 15.1 Å². The van der Waals surface area contributed by atoms with Crippen molar-refractivity contribution in [2.75, 3.05) is 24.4 Å². The minimum atomic E-state index is -3.70. The second-order valence-corrected chi connectivity index (χ2v) is 7.85. The van der Waals surface area contributed by atoms with Crippen LogP contribution in [0, 0.1) is 5.92 Å². The average molecular weight is 373 g/mol. The number of piperidine rings is 1. The first-order chi connectivity index (χ1) is 9.83. The standard InChI is InChI=1S/C12H16Cl3N3O2S/c13-9-5-10(14)12(11(15)6-9)17-21(19,20)18-3-1-8(7-16)2-4-18/h5-6,8,17H,1-4,7,16H2. The topological polar surface area (TPSA) is 75.4 Å². The van der Waals surface area contributed by atoms with E-state index in [9.17, 15) is 8.42 Å². The summed E-state index contributed by atoms with van der Waals surface area (Å²) in [5, 5.41) is 0.664. The third kappa shape index (κ3) is 4.15. The summed E-state index contributed by atoms with van der Waals surface area (Å²) in [4.78, 5) is 0. The van der Waals surface area contributed by atoms with E-state index in [-0.39, 0.29) is 15.7 Å². The molecule has 1 saturated heterocycles. The third-order valence-corrected chi connectivity index (χ3v) is 5.81. The lowest BCUT2D eigenvalue weighted by Crippen LogP contribution is -2.42. The predicted molar refractivity (Wildman–Crippen MR) is 87.4 cm³/mol. The highest BCUT2D eigenvalue weighted by Crippen LogP contribution is 2.35. The molecule has 0 unspecified atom stereocenters. The van der Waals surface area contributed by atoms with Crippen LogP contribution in [0.1, 0.15) is 12.8 Å². The Morgan fingerprint density at radius 1 is 1.19 bits per heavy atom. The zero-order chi connectivity index (χ0) is 15.6. The summed E-state index contributed by atoms with van der Waals surface area (Å²) in [5.74, 6) is 0.374. The van der Waals surface area contributed by atoms with Gasteiger partial charge in [-0.3, -0.25) is 4.72 Å². The quantitative estimate of drug-likeness (QED) is 0.853. The molecule has 0 amide bonds. The fraction of sp³-hybridized carbons (Fsp3) is 0.500. The molecule has 1 aliphatic rings. The maximum Gasteiger partial charge on any atom is 0.301 e. The maximum absolute atomic E-state index is 12.4. The number of rotatable bonds is 4. The maximum atomic E-state index is 12.4. The SMILES string of the molecule is NCC1CCN(S(=O)(=O)Nc2c(Cl)cc(Cl)cc2Cl)CC1. The van der Waals surface area contributed by atoms with Crippen LogP contribution in [0.5, 0.6) is 0 Å². The van der Waals surface area contributed by atoms with Gasteiger partial charge in [-0.25, -0.2) is 0 Å². The number of halogens is 3. The van der Waals surface area contributed by atoms with Gasteiger partial charge < -0.3 is 5.73 Å². The number of hydrogen-bond acceptors (Lipinski definition) is 3. The van der Waals surface area contributed by atoms with E-state index in [1.54, 1.807) is 0 Å². The average Bonchev–Trinajstić information content (AvgIpc) is 2.43. The van der Waals surface area contributed by atoms with Crippen molar-refractivity contribution < 1.29 is 8.42 Å². The zero-order valence-corrected chi connectivity index (χ0v) is 14.2. The van der Waals surface area contributed by atoms with Gasteiger partial charge in [0.15, 0.2) is 0 Å². The molecule has 118 valence electrons. The van der Waals surface area contributed by atoms with Crippen molar-refractivity contribution in [2.45, 2.75) is 12.8 Å². The first-order valence-corrected chi connectivity index (χ1v) is 9.03. The van der Waals surface area contributed by atoms with Gasteiger partial charge in [0.2, 0.25) is 0 Å². The fourth-order valence-electron chi connectivity index (χ4n) is 2.22. The van der Waals surface area contributed by atoms with E-state index in [0.717, 1.165) is 12.8 Å². The van der Waals surface area contributed by atoms with E-state index in [2.05, 4.69) is 4.72 Å². The monoisotopic (exact) mass is 371 g/mol. The van der Waals surface area contributed by atoms with Gasteiger partial charge in [0.1, 0.15) is 0 Å². The second-order valence-electron chi connectivity index (χ2n) is 4.93. The highest BCUT2D eigenvalue weighted by Gasteiger charge is 2.28. The van der Waals surface area contributed by atoms with Crippen LogP contribution in [-0.2, 0) is 10.2 Å². The number of nitrogens with one attached hydrogen (secondary N) is 1. The van der Waals surface area contributed by atoms with Crippen molar-refractivity contribution in [3.05, 3.63) is 27.2 Å². The van der Waals surface area contributed by atoms with Crippen LogP contribution >= 0.6 is 34.8 Å². The molecule has 3 N–H and O–H groups in total. The Morgan fingerprint density at radius 2 is 1.71 bits per heavy atom. The number of hydrogen-bond donors (Lipinski definition) is 2. The molecule has 2 rings (SSSR count). The smallest absolute Gasteiger partial charge is 0.301 e. The predicted octanol–water partition coefficient (Wildman–Crippen LogP) is 2.97. The van der Waals surface area contributed by atoms with Crippen molar-refractivity contribution in [1.29, 1.82) is 0 Å². The number of nitrogens with zero attached hydrogens (tertiary/aromatic N) is 1. The number of nitrogens with two attached hydrogens (primary N) is 1. The van der Waals surface area contributed by atoms with Crippen LogP contribution in [0.3, 0.4) is 0 Å². The van der Waals surface area contributed by atoms with E-state index in [1.807, 2.05) is 0 Å². The molecule has 1 aromatic rings. The molecule has 0 bridgehead atoms. The van der Waals surface area contributed by atoms with Crippen LogP contribution in [0.4, 0.5) is 5.69 Å². The van der Waals surface area contributed by atoms with Crippen molar-refractivity contribution in [3.8, 4) is 0 Å². The summed E-state index contributed by atoms with van der Waals surface area (Å²) in [6.07, 6.45) is 1.50. The molecule has 1 aliphatic heterocycles. The van der Waals surface area contributed by atoms with Crippen molar-refractivity contribution >= 4 is 50.7 Å². The van der Waals surface area contributed by atoms with Gasteiger partial charge in [-0.05, 0) is 37.4 Å². The normalized spacial score (nSPS) is 17.9. The van der Waals surface area contributed by atoms with Crippen molar-refractivity contribution in [1.82, 2.24) is 4.31 Å². The van der Waals surface area contributed by atoms with Crippen molar-refractivity contribution in [2.24, 2.45) is 11.7 Å². The van der Waals surface area contributed by atoms with Gasteiger partial charge >= 0.3 is 10.2 Å². The summed E-state index contributed by atoms with van der Waals surface area (Å²) < 4.78 is 28.5. The van der Waals surface area contributed by atoms with Gasteiger partial charge in [0, 0.05) is 18.1 Å².